The van der Waals surface area contributed by atoms with Gasteiger partial charge in [-0.3, -0.25) is 0 Å². The Labute approximate surface area is 91.7 Å². The molecule has 2 heterocycles. The van der Waals surface area contributed by atoms with Crippen LogP contribution in [-0.4, -0.2) is 57.0 Å². The number of nitrogens with two attached hydrogens (primary N) is 1. The summed E-state index contributed by atoms with van der Waals surface area (Å²) in [5.41, 5.74) is 6.09. The lowest BCUT2D eigenvalue weighted by atomic mass is 9.96. The SMILES string of the molecule is COC1CCN(CC2COCCC2N)C1. The van der Waals surface area contributed by atoms with Crippen molar-refractivity contribution in [3.8, 4) is 0 Å². The normalized spacial score (nSPS) is 38.4. The van der Waals surface area contributed by atoms with E-state index in [4.69, 9.17) is 15.2 Å². The average molecular weight is 214 g/mol. The molecular formula is C11H22N2O2. The van der Waals surface area contributed by atoms with E-state index in [1.807, 2.05) is 0 Å². The Bertz CT molecular complexity index is 201. The molecule has 4 nitrogen and oxygen atoms in total. The molecule has 3 atom stereocenters. The van der Waals surface area contributed by atoms with Crippen LogP contribution in [-0.2, 0) is 9.47 Å². The molecule has 2 N–H and O–H groups in total. The van der Waals surface area contributed by atoms with Crippen molar-refractivity contribution in [2.75, 3.05) is 40.0 Å². The first-order chi connectivity index (χ1) is 7.29. The van der Waals surface area contributed by atoms with E-state index in [9.17, 15) is 0 Å². The van der Waals surface area contributed by atoms with Gasteiger partial charge in [-0.2, -0.15) is 0 Å². The van der Waals surface area contributed by atoms with E-state index in [0.29, 0.717) is 18.1 Å². The summed E-state index contributed by atoms with van der Waals surface area (Å²) in [6.45, 7) is 4.93. The number of rotatable bonds is 3. The summed E-state index contributed by atoms with van der Waals surface area (Å²) in [6.07, 6.45) is 2.58. The van der Waals surface area contributed by atoms with Crippen LogP contribution in [0, 0.1) is 5.92 Å². The minimum Gasteiger partial charge on any atom is -0.381 e. The van der Waals surface area contributed by atoms with Crippen LogP contribution in [0.15, 0.2) is 0 Å². The molecule has 0 radical (unpaired) electrons. The number of likely N-dealkylation sites (tertiary alicyclic amines) is 1. The maximum Gasteiger partial charge on any atom is 0.0710 e. The molecule has 15 heavy (non-hydrogen) atoms. The summed E-state index contributed by atoms with van der Waals surface area (Å²) in [6, 6.07) is 0.320. The monoisotopic (exact) mass is 214 g/mol. The van der Waals surface area contributed by atoms with Crippen LogP contribution in [0.5, 0.6) is 0 Å². The van der Waals surface area contributed by atoms with Crippen molar-refractivity contribution in [2.24, 2.45) is 11.7 Å². The van der Waals surface area contributed by atoms with Crippen molar-refractivity contribution in [1.82, 2.24) is 4.90 Å². The molecule has 2 rings (SSSR count). The predicted molar refractivity (Wildman–Crippen MR) is 58.8 cm³/mol. The summed E-state index contributed by atoms with van der Waals surface area (Å²) in [5, 5.41) is 0. The van der Waals surface area contributed by atoms with Gasteiger partial charge >= 0.3 is 0 Å². The summed E-state index contributed by atoms with van der Waals surface area (Å²) < 4.78 is 10.8. The Kier molecular flexibility index (Phi) is 3.97. The largest absolute Gasteiger partial charge is 0.381 e. The van der Waals surface area contributed by atoms with E-state index < -0.39 is 0 Å². The highest BCUT2D eigenvalue weighted by atomic mass is 16.5. The van der Waals surface area contributed by atoms with E-state index >= 15 is 0 Å². The fraction of sp³-hybridized carbons (Fsp3) is 1.00. The van der Waals surface area contributed by atoms with Crippen LogP contribution < -0.4 is 5.73 Å². The lowest BCUT2D eigenvalue weighted by Crippen LogP contribution is -2.44. The standard InChI is InChI=1S/C11H22N2O2/c1-14-10-2-4-13(7-10)6-9-8-15-5-3-11(9)12/h9-11H,2-8,12H2,1H3. The highest BCUT2D eigenvalue weighted by Crippen LogP contribution is 2.18. The summed E-state index contributed by atoms with van der Waals surface area (Å²) in [4.78, 5) is 2.45. The van der Waals surface area contributed by atoms with Crippen LogP contribution in [0.2, 0.25) is 0 Å². The molecule has 0 aromatic rings. The molecule has 3 unspecified atom stereocenters. The third kappa shape index (κ3) is 2.91. The predicted octanol–water partition coefficient (Wildman–Crippen LogP) is 0.0709. The smallest absolute Gasteiger partial charge is 0.0710 e. The lowest BCUT2D eigenvalue weighted by Gasteiger charge is -2.31. The molecule has 88 valence electrons. The highest BCUT2D eigenvalue weighted by Gasteiger charge is 2.28. The first-order valence-corrected chi connectivity index (χ1v) is 5.88. The van der Waals surface area contributed by atoms with Crippen molar-refractivity contribution in [3.05, 3.63) is 0 Å². The second kappa shape index (κ2) is 5.25. The van der Waals surface area contributed by atoms with E-state index in [1.54, 1.807) is 7.11 Å². The van der Waals surface area contributed by atoms with Gasteiger partial charge in [0.2, 0.25) is 0 Å². The zero-order chi connectivity index (χ0) is 10.7. The molecule has 0 aromatic heterocycles. The van der Waals surface area contributed by atoms with Gasteiger partial charge in [0.1, 0.15) is 0 Å². The van der Waals surface area contributed by atoms with Crippen LogP contribution in [0.1, 0.15) is 12.8 Å². The minimum absolute atomic E-state index is 0.320. The lowest BCUT2D eigenvalue weighted by molar-refractivity contribution is 0.0263. The molecule has 2 fully saturated rings. The minimum atomic E-state index is 0.320. The van der Waals surface area contributed by atoms with E-state index in [2.05, 4.69) is 4.90 Å². The van der Waals surface area contributed by atoms with Gasteiger partial charge in [0, 0.05) is 45.3 Å². The van der Waals surface area contributed by atoms with Gasteiger partial charge in [0.15, 0.2) is 0 Å². The Balaban J connectivity index is 1.76. The van der Waals surface area contributed by atoms with Crippen molar-refractivity contribution < 1.29 is 9.47 Å². The molecule has 0 aromatic carbocycles. The van der Waals surface area contributed by atoms with Crippen molar-refractivity contribution >= 4 is 0 Å². The van der Waals surface area contributed by atoms with Crippen LogP contribution in [0.3, 0.4) is 0 Å². The maximum atomic E-state index is 6.09. The average Bonchev–Trinajstić information content (AvgIpc) is 2.69. The molecule has 2 aliphatic rings. The number of hydrogen-bond acceptors (Lipinski definition) is 4. The van der Waals surface area contributed by atoms with E-state index in [-0.39, 0.29) is 0 Å². The fourth-order valence-corrected chi connectivity index (χ4v) is 2.49. The Morgan fingerprint density at radius 3 is 3.00 bits per heavy atom. The van der Waals surface area contributed by atoms with Crippen molar-refractivity contribution in [2.45, 2.75) is 25.0 Å². The molecule has 0 amide bonds. The Hall–Kier alpha value is -0.160. The highest BCUT2D eigenvalue weighted by molar-refractivity contribution is 4.83. The second-order valence-corrected chi connectivity index (χ2v) is 4.69. The third-order valence-corrected chi connectivity index (χ3v) is 3.59. The topological polar surface area (TPSA) is 47.7 Å². The number of methoxy groups -OCH3 is 1. The van der Waals surface area contributed by atoms with Crippen LogP contribution in [0.25, 0.3) is 0 Å². The number of ether oxygens (including phenoxy) is 2. The van der Waals surface area contributed by atoms with Crippen LogP contribution >= 0.6 is 0 Å². The fourth-order valence-electron chi connectivity index (χ4n) is 2.49. The second-order valence-electron chi connectivity index (χ2n) is 4.69. The first kappa shape index (κ1) is 11.3. The molecule has 0 aliphatic carbocycles. The van der Waals surface area contributed by atoms with E-state index in [0.717, 1.165) is 45.7 Å². The number of hydrogen-bond donors (Lipinski definition) is 1. The Morgan fingerprint density at radius 1 is 1.47 bits per heavy atom. The summed E-state index contributed by atoms with van der Waals surface area (Å²) in [7, 11) is 1.80. The maximum absolute atomic E-state index is 6.09. The van der Waals surface area contributed by atoms with Gasteiger partial charge in [-0.05, 0) is 12.8 Å². The van der Waals surface area contributed by atoms with Gasteiger partial charge in [-0.1, -0.05) is 0 Å². The molecular weight excluding hydrogens is 192 g/mol. The van der Waals surface area contributed by atoms with Gasteiger partial charge in [0.25, 0.3) is 0 Å². The van der Waals surface area contributed by atoms with Gasteiger partial charge in [-0.15, -0.1) is 0 Å². The molecule has 2 saturated heterocycles. The summed E-state index contributed by atoms with van der Waals surface area (Å²) in [5.74, 6) is 0.509. The van der Waals surface area contributed by atoms with Crippen molar-refractivity contribution in [3.63, 3.8) is 0 Å². The zero-order valence-electron chi connectivity index (χ0n) is 9.52. The van der Waals surface area contributed by atoms with E-state index in [1.165, 1.54) is 0 Å². The molecule has 4 heteroatoms. The number of nitrogens with zero attached hydrogens (tertiary/aromatic N) is 1. The molecule has 0 bridgehead atoms. The van der Waals surface area contributed by atoms with Gasteiger partial charge in [-0.25, -0.2) is 0 Å². The summed E-state index contributed by atoms with van der Waals surface area (Å²) >= 11 is 0. The molecule has 0 spiro atoms. The third-order valence-electron chi connectivity index (χ3n) is 3.59. The Morgan fingerprint density at radius 2 is 2.33 bits per heavy atom. The van der Waals surface area contributed by atoms with Crippen molar-refractivity contribution in [1.29, 1.82) is 0 Å². The van der Waals surface area contributed by atoms with Crippen LogP contribution in [0.4, 0.5) is 0 Å². The van der Waals surface area contributed by atoms with Gasteiger partial charge < -0.3 is 20.1 Å². The molecule has 2 aliphatic heterocycles. The molecule has 0 saturated carbocycles. The zero-order valence-corrected chi connectivity index (χ0v) is 9.52. The first-order valence-electron chi connectivity index (χ1n) is 5.88. The quantitative estimate of drug-likeness (QED) is 0.722. The van der Waals surface area contributed by atoms with Gasteiger partial charge in [0.05, 0.1) is 12.7 Å².